The fourth-order valence-electron chi connectivity index (χ4n) is 1.66. The van der Waals surface area contributed by atoms with Crippen LogP contribution in [0.5, 0.6) is 0 Å². The Morgan fingerprint density at radius 1 is 0.769 bits per heavy atom. The molecule has 0 bridgehead atoms. The molecule has 0 aromatic rings. The molecule has 0 radical (unpaired) electrons. The Kier molecular flexibility index (Phi) is 51.9. The topological polar surface area (TPSA) is 142 Å². The van der Waals surface area contributed by atoms with E-state index in [2.05, 4.69) is 6.55 Å². The quantitative estimate of drug-likeness (QED) is 0.398. The van der Waals surface area contributed by atoms with E-state index in [0.717, 1.165) is 38.6 Å². The van der Waals surface area contributed by atoms with Crippen LogP contribution in [0.15, 0.2) is 0 Å². The van der Waals surface area contributed by atoms with Crippen molar-refractivity contribution in [2.24, 2.45) is 11.5 Å². The molecular weight excluding hydrogens is 368 g/mol. The van der Waals surface area contributed by atoms with E-state index in [1.54, 1.807) is 0 Å². The minimum Gasteiger partial charge on any atom is -0.412 e. The monoisotopic (exact) mass is 422 g/mol. The highest BCUT2D eigenvalue weighted by Crippen LogP contribution is 2.14. The fourth-order valence-corrected chi connectivity index (χ4v) is 4.97. The lowest BCUT2D eigenvalue weighted by atomic mass is 10.5. The summed E-state index contributed by atoms with van der Waals surface area (Å²) < 4.78 is 11.3. The van der Waals surface area contributed by atoms with E-state index in [1.165, 1.54) is 6.55 Å². The van der Waals surface area contributed by atoms with Gasteiger partial charge in [-0.05, 0) is 65.0 Å². The maximum atomic E-state index is 8.79. The van der Waals surface area contributed by atoms with E-state index >= 15 is 0 Å². The van der Waals surface area contributed by atoms with Gasteiger partial charge in [0.15, 0.2) is 0 Å². The van der Waals surface area contributed by atoms with Gasteiger partial charge in [-0.3, -0.25) is 0 Å². The van der Waals surface area contributed by atoms with E-state index in [9.17, 15) is 0 Å². The Hall–Kier alpha value is 0.154. The van der Waals surface area contributed by atoms with Gasteiger partial charge in [0.1, 0.15) is 0 Å². The van der Waals surface area contributed by atoms with Gasteiger partial charge in [-0.2, -0.15) is 0 Å². The third-order valence-electron chi connectivity index (χ3n) is 2.59. The molecule has 0 aliphatic rings. The maximum Gasteiger partial charge on any atom is 0.334 e. The second kappa shape index (κ2) is 29.9. The lowest BCUT2D eigenvalue weighted by Crippen LogP contribution is -2.39. The minimum absolute atomic E-state index is 0. The molecule has 0 aromatic carbocycles. The van der Waals surface area contributed by atoms with Gasteiger partial charge < -0.3 is 35.4 Å². The number of rotatable bonds is 10. The van der Waals surface area contributed by atoms with Crippen LogP contribution in [0.1, 0.15) is 62.8 Å². The summed E-state index contributed by atoms with van der Waals surface area (Å²) >= 11 is 0. The first-order chi connectivity index (χ1) is 10.2. The average Bonchev–Trinajstić information content (AvgIpc) is 2.46. The molecule has 8 N–H and O–H groups in total. The van der Waals surface area contributed by atoms with Crippen molar-refractivity contribution in [1.29, 1.82) is 0 Å². The Labute approximate surface area is 167 Å². The zero-order valence-corrected chi connectivity index (χ0v) is 18.0. The van der Waals surface area contributed by atoms with Gasteiger partial charge >= 0.3 is 17.1 Å². The highest BCUT2D eigenvalue weighted by molar-refractivity contribution is 6.66. The molecule has 0 aliphatic carbocycles. The lowest BCUT2D eigenvalue weighted by Gasteiger charge is -2.25. The van der Waals surface area contributed by atoms with Crippen LogP contribution >= 0.6 is 0 Å². The summed E-state index contributed by atoms with van der Waals surface area (Å²) in [6.45, 7) is 14.4. The largest absolute Gasteiger partial charge is 0.412 e. The summed E-state index contributed by atoms with van der Waals surface area (Å²) in [7, 11) is -4.61. The normalized spacial score (nSPS) is 9.46. The summed E-state index contributed by atoms with van der Waals surface area (Å²) in [5, 5.41) is 0. The molecule has 0 amide bonds. The van der Waals surface area contributed by atoms with Gasteiger partial charge in [-0.15, -0.1) is 0 Å². The molecule has 170 valence electrons. The summed E-state index contributed by atoms with van der Waals surface area (Å²) in [4.78, 5) is 17.6. The van der Waals surface area contributed by atoms with Crippen LogP contribution in [0.4, 0.5) is 0 Å². The fraction of sp³-hybridized carbons (Fsp3) is 1.00. The van der Waals surface area contributed by atoms with Crippen molar-refractivity contribution in [1.82, 2.24) is 0 Å². The van der Waals surface area contributed by atoms with E-state index < -0.39 is 17.1 Å². The molecule has 0 unspecified atom stereocenters. The molecule has 0 spiro atoms. The van der Waals surface area contributed by atoms with Gasteiger partial charge in [0.25, 0.3) is 0 Å². The van der Waals surface area contributed by atoms with Crippen molar-refractivity contribution in [2.75, 3.05) is 26.3 Å². The molecule has 26 heavy (non-hydrogen) atoms. The first-order valence-corrected chi connectivity index (χ1v) is 13.5. The lowest BCUT2D eigenvalue weighted by molar-refractivity contribution is 0.188. The van der Waals surface area contributed by atoms with Crippen LogP contribution in [0.25, 0.3) is 0 Å². The first-order valence-electron chi connectivity index (χ1n) is 8.37. The zero-order valence-electron chi connectivity index (χ0n) is 16.0. The predicted molar refractivity (Wildman–Crippen MR) is 123 cm³/mol. The van der Waals surface area contributed by atoms with Crippen LogP contribution in [0.2, 0.25) is 25.2 Å². The summed E-state index contributed by atoms with van der Waals surface area (Å²) in [6.07, 6.45) is 1.72. The summed E-state index contributed by atoms with van der Waals surface area (Å²) in [6, 6.07) is 1.49. The van der Waals surface area contributed by atoms with Crippen molar-refractivity contribution in [3.05, 3.63) is 0 Å². The summed E-state index contributed by atoms with van der Waals surface area (Å²) in [5.74, 6) is 0. The number of nitrogens with two attached hydrogens (primary N) is 2. The van der Waals surface area contributed by atoms with Crippen molar-refractivity contribution >= 4 is 17.1 Å². The molecule has 0 rings (SSSR count). The average molecular weight is 423 g/mol. The van der Waals surface area contributed by atoms with E-state index in [1.807, 2.05) is 27.7 Å². The third-order valence-corrected chi connectivity index (χ3v) is 6.95. The molecule has 0 heterocycles. The highest BCUT2D eigenvalue weighted by atomic mass is 28.4. The standard InChI is InChI=1S/C8H21NO2Si.C4H13NO2Si.C2H6.3CH4.H2O/c1-4-10-12(3,11-5-2)8-6-7-9;1-8(6,7)4-2-3-5;1-2;;;;/h4-9H2,1-3H3;6-7H,2-5H2,1H3;1-2H3;3*1H4;1H2. The van der Waals surface area contributed by atoms with Crippen molar-refractivity contribution < 1.29 is 23.9 Å². The van der Waals surface area contributed by atoms with Crippen LogP contribution in [-0.2, 0) is 8.85 Å². The Morgan fingerprint density at radius 2 is 1.08 bits per heavy atom. The van der Waals surface area contributed by atoms with Crippen LogP contribution in [-0.4, -0.2) is 58.5 Å². The molecule has 0 saturated carbocycles. The van der Waals surface area contributed by atoms with Crippen LogP contribution in [0, 0.1) is 0 Å². The molecule has 0 saturated heterocycles. The maximum absolute atomic E-state index is 8.79. The van der Waals surface area contributed by atoms with Gasteiger partial charge in [-0.25, -0.2) is 0 Å². The van der Waals surface area contributed by atoms with Crippen LogP contribution in [0.3, 0.4) is 0 Å². The Bertz CT molecular complexity index is 216. The van der Waals surface area contributed by atoms with Crippen molar-refractivity contribution in [3.8, 4) is 0 Å². The second-order valence-electron chi connectivity index (χ2n) is 5.00. The second-order valence-corrected chi connectivity index (χ2v) is 11.3. The molecular formula is C17H54N2O5Si2. The van der Waals surface area contributed by atoms with Gasteiger partial charge in [0.05, 0.1) is 0 Å². The molecule has 9 heteroatoms. The van der Waals surface area contributed by atoms with Gasteiger partial charge in [-0.1, -0.05) is 36.1 Å². The van der Waals surface area contributed by atoms with E-state index in [-0.39, 0.29) is 27.8 Å². The smallest absolute Gasteiger partial charge is 0.334 e. The third kappa shape index (κ3) is 39.3. The van der Waals surface area contributed by atoms with Crippen LogP contribution < -0.4 is 11.5 Å². The first kappa shape index (κ1) is 45.1. The SMILES string of the molecule is C.C.C.CC.CCO[Si](C)(CCCN)OCC.C[Si](O)(O)CCCN.O. The van der Waals surface area contributed by atoms with Gasteiger partial charge in [0.2, 0.25) is 0 Å². The van der Waals surface area contributed by atoms with Crippen molar-refractivity contribution in [3.63, 3.8) is 0 Å². The highest BCUT2D eigenvalue weighted by Gasteiger charge is 2.29. The zero-order chi connectivity index (χ0) is 18.1. The van der Waals surface area contributed by atoms with E-state index in [0.29, 0.717) is 12.6 Å². The minimum atomic E-state index is -2.76. The predicted octanol–water partition coefficient (Wildman–Crippen LogP) is 2.98. The molecule has 0 aromatic heterocycles. The summed E-state index contributed by atoms with van der Waals surface area (Å²) in [5.41, 5.74) is 10.6. The molecule has 7 nitrogen and oxygen atoms in total. The Balaban J connectivity index is -0.0000000462. The van der Waals surface area contributed by atoms with E-state index in [4.69, 9.17) is 29.9 Å². The van der Waals surface area contributed by atoms with Crippen molar-refractivity contribution in [2.45, 2.75) is 88.0 Å². The number of hydrogen-bond acceptors (Lipinski definition) is 6. The number of hydrogen-bond donors (Lipinski definition) is 4. The molecule has 0 fully saturated rings. The molecule has 0 atom stereocenters. The molecule has 0 aliphatic heterocycles. The van der Waals surface area contributed by atoms with Gasteiger partial charge in [0, 0.05) is 13.2 Å². The Morgan fingerprint density at radius 3 is 1.27 bits per heavy atom.